The fraction of sp³-hybridized carbons (Fsp3) is 0.417. The summed E-state index contributed by atoms with van der Waals surface area (Å²) >= 11 is 6.23. The number of alkyl halides is 3. The van der Waals surface area contributed by atoms with E-state index in [1.807, 2.05) is 5.32 Å². The van der Waals surface area contributed by atoms with E-state index >= 15 is 0 Å². The Labute approximate surface area is 207 Å². The normalized spacial score (nSPS) is 22.0. The van der Waals surface area contributed by atoms with Gasteiger partial charge in [-0.1, -0.05) is 11.6 Å². The standard InChI is InChI=1S/C24H20ClF4N5O2/c25-17-6-14(26)7-30-22(17)34-10-16(23(36)32-20(11-1-2-11)24(27,28)29)19(35)15-3-4-18(31-21(15)34)33-8-12-5-13(12)9-33/h3-4,6-7,10-13,20H,1-2,5,8-9H2,(H,32,36). The van der Waals surface area contributed by atoms with Gasteiger partial charge in [0.1, 0.15) is 23.2 Å². The van der Waals surface area contributed by atoms with Crippen molar-refractivity contribution in [2.45, 2.75) is 31.5 Å². The van der Waals surface area contributed by atoms with E-state index in [-0.39, 0.29) is 21.9 Å². The van der Waals surface area contributed by atoms with E-state index in [0.29, 0.717) is 30.5 Å². The number of carbonyl (C=O) groups is 1. The van der Waals surface area contributed by atoms with Crippen LogP contribution in [0.1, 0.15) is 29.6 Å². The topological polar surface area (TPSA) is 80.1 Å². The molecule has 3 atom stereocenters. The highest BCUT2D eigenvalue weighted by Crippen LogP contribution is 2.46. The molecule has 4 heterocycles. The highest BCUT2D eigenvalue weighted by atomic mass is 35.5. The fourth-order valence-electron chi connectivity index (χ4n) is 4.98. The minimum absolute atomic E-state index is 0.00734. The Bertz CT molecular complexity index is 1440. The molecule has 7 nitrogen and oxygen atoms in total. The van der Waals surface area contributed by atoms with Crippen LogP contribution >= 0.6 is 11.6 Å². The number of nitrogens with one attached hydrogen (secondary N) is 1. The van der Waals surface area contributed by atoms with Gasteiger partial charge in [-0.3, -0.25) is 14.2 Å². The monoisotopic (exact) mass is 521 g/mol. The van der Waals surface area contributed by atoms with Crippen LogP contribution in [-0.4, -0.2) is 45.7 Å². The molecule has 0 radical (unpaired) electrons. The van der Waals surface area contributed by atoms with Gasteiger partial charge in [-0.2, -0.15) is 13.2 Å². The molecule has 3 aromatic heterocycles. The molecule has 1 saturated heterocycles. The van der Waals surface area contributed by atoms with Crippen molar-refractivity contribution in [2.24, 2.45) is 17.8 Å². The van der Waals surface area contributed by atoms with E-state index in [9.17, 15) is 27.2 Å². The van der Waals surface area contributed by atoms with Crippen molar-refractivity contribution in [3.8, 4) is 5.82 Å². The van der Waals surface area contributed by atoms with Gasteiger partial charge in [0.2, 0.25) is 5.43 Å². The van der Waals surface area contributed by atoms with E-state index in [1.165, 1.54) is 17.1 Å². The molecule has 2 aliphatic carbocycles. The number of pyridine rings is 3. The molecule has 1 aliphatic heterocycles. The highest BCUT2D eigenvalue weighted by Gasteiger charge is 2.50. The SMILES string of the molecule is O=C(NC(C1CC1)C(F)(F)F)c1cn(-c2ncc(F)cc2Cl)c2nc(N3CC4CC4C3)ccc2c1=O. The molecule has 3 aromatic rings. The number of fused-ring (bicyclic) bond motifs is 2. The number of nitrogens with zero attached hydrogens (tertiary/aromatic N) is 4. The Hall–Kier alpha value is -3.21. The zero-order chi connectivity index (χ0) is 25.4. The average molecular weight is 522 g/mol. The van der Waals surface area contributed by atoms with Gasteiger partial charge in [0.15, 0.2) is 11.5 Å². The van der Waals surface area contributed by atoms with Crippen LogP contribution in [0, 0.1) is 23.6 Å². The van der Waals surface area contributed by atoms with Gasteiger partial charge in [-0.25, -0.2) is 14.4 Å². The zero-order valence-electron chi connectivity index (χ0n) is 18.7. The van der Waals surface area contributed by atoms with Crippen LogP contribution in [0.5, 0.6) is 0 Å². The van der Waals surface area contributed by atoms with Gasteiger partial charge in [-0.05, 0) is 55.2 Å². The lowest BCUT2D eigenvalue weighted by atomic mass is 10.1. The van der Waals surface area contributed by atoms with E-state index in [4.69, 9.17) is 11.6 Å². The number of hydrogen-bond donors (Lipinski definition) is 1. The maximum atomic E-state index is 13.7. The molecule has 12 heteroatoms. The maximum absolute atomic E-state index is 13.7. The average Bonchev–Trinajstić information content (AvgIpc) is 3.75. The smallest absolute Gasteiger partial charge is 0.356 e. The first-order valence-corrected chi connectivity index (χ1v) is 12.0. The number of carbonyl (C=O) groups excluding carboxylic acids is 1. The molecule has 36 heavy (non-hydrogen) atoms. The second-order valence-electron chi connectivity index (χ2n) is 9.73. The number of amides is 1. The predicted octanol–water partition coefficient (Wildman–Crippen LogP) is 4.10. The van der Waals surface area contributed by atoms with Crippen LogP contribution < -0.4 is 15.6 Å². The lowest BCUT2D eigenvalue weighted by molar-refractivity contribution is -0.158. The molecule has 2 saturated carbocycles. The minimum atomic E-state index is -4.65. The summed E-state index contributed by atoms with van der Waals surface area (Å²) in [5.41, 5.74) is -1.17. The summed E-state index contributed by atoms with van der Waals surface area (Å²) in [5, 5.41) is 1.88. The number of aromatic nitrogens is 3. The predicted molar refractivity (Wildman–Crippen MR) is 124 cm³/mol. The number of halogens is 5. The van der Waals surface area contributed by atoms with Gasteiger partial charge < -0.3 is 10.2 Å². The lowest BCUT2D eigenvalue weighted by Crippen LogP contribution is -2.48. The van der Waals surface area contributed by atoms with Gasteiger partial charge in [0.25, 0.3) is 5.91 Å². The molecule has 0 aromatic carbocycles. The summed E-state index contributed by atoms with van der Waals surface area (Å²) in [6.45, 7) is 1.67. The van der Waals surface area contributed by atoms with Crippen molar-refractivity contribution in [1.82, 2.24) is 19.9 Å². The van der Waals surface area contributed by atoms with Crippen LogP contribution in [0.25, 0.3) is 16.9 Å². The van der Waals surface area contributed by atoms with E-state index < -0.39 is 40.9 Å². The molecule has 3 unspecified atom stereocenters. The molecule has 3 aliphatic rings. The van der Waals surface area contributed by atoms with E-state index in [1.54, 1.807) is 6.07 Å². The number of anilines is 1. The van der Waals surface area contributed by atoms with E-state index in [0.717, 1.165) is 31.5 Å². The Morgan fingerprint density at radius 3 is 2.56 bits per heavy atom. The highest BCUT2D eigenvalue weighted by molar-refractivity contribution is 6.32. The Morgan fingerprint density at radius 1 is 1.19 bits per heavy atom. The Balaban J connectivity index is 1.48. The third-order valence-electron chi connectivity index (χ3n) is 7.13. The molecule has 1 amide bonds. The van der Waals surface area contributed by atoms with Crippen LogP contribution in [0.2, 0.25) is 5.02 Å². The summed E-state index contributed by atoms with van der Waals surface area (Å²) in [6.07, 6.45) is -0.803. The summed E-state index contributed by atoms with van der Waals surface area (Å²) in [7, 11) is 0. The van der Waals surface area contributed by atoms with Crippen molar-refractivity contribution in [2.75, 3.05) is 18.0 Å². The molecule has 3 fully saturated rings. The van der Waals surface area contributed by atoms with Crippen LogP contribution in [0.4, 0.5) is 23.4 Å². The van der Waals surface area contributed by atoms with E-state index in [2.05, 4.69) is 14.9 Å². The second-order valence-corrected chi connectivity index (χ2v) is 10.1. The van der Waals surface area contributed by atoms with Crippen molar-refractivity contribution in [3.05, 3.63) is 57.2 Å². The molecule has 1 N–H and O–H groups in total. The molecule has 0 bridgehead atoms. The largest absolute Gasteiger partial charge is 0.408 e. The number of rotatable bonds is 5. The Morgan fingerprint density at radius 2 is 1.92 bits per heavy atom. The van der Waals surface area contributed by atoms with Crippen LogP contribution in [0.15, 0.2) is 35.4 Å². The van der Waals surface area contributed by atoms with Crippen LogP contribution in [-0.2, 0) is 0 Å². The summed E-state index contributed by atoms with van der Waals surface area (Å²) < 4.78 is 55.5. The van der Waals surface area contributed by atoms with Gasteiger partial charge >= 0.3 is 6.18 Å². The van der Waals surface area contributed by atoms with Crippen LogP contribution in [0.3, 0.4) is 0 Å². The summed E-state index contributed by atoms with van der Waals surface area (Å²) in [6, 6.07) is 2.11. The number of piperidine rings is 1. The van der Waals surface area contributed by atoms with Gasteiger partial charge in [0.05, 0.1) is 16.6 Å². The molecule has 6 rings (SSSR count). The fourth-order valence-corrected chi connectivity index (χ4v) is 5.22. The van der Waals surface area contributed by atoms with Crippen molar-refractivity contribution >= 4 is 34.4 Å². The third kappa shape index (κ3) is 4.08. The van der Waals surface area contributed by atoms with Crippen molar-refractivity contribution in [1.29, 1.82) is 0 Å². The first kappa shape index (κ1) is 23.2. The maximum Gasteiger partial charge on any atom is 0.408 e. The van der Waals surface area contributed by atoms with Gasteiger partial charge in [0, 0.05) is 19.3 Å². The molecular formula is C24H20ClF4N5O2. The number of hydrogen-bond acceptors (Lipinski definition) is 5. The third-order valence-corrected chi connectivity index (χ3v) is 7.41. The first-order chi connectivity index (χ1) is 17.1. The minimum Gasteiger partial charge on any atom is -0.356 e. The summed E-state index contributed by atoms with van der Waals surface area (Å²) in [4.78, 5) is 37.0. The quantitative estimate of drug-likeness (QED) is 0.511. The van der Waals surface area contributed by atoms with Crippen molar-refractivity contribution < 1.29 is 22.4 Å². The Kier molecular flexibility index (Phi) is 5.26. The lowest BCUT2D eigenvalue weighted by Gasteiger charge is -2.22. The first-order valence-electron chi connectivity index (χ1n) is 11.6. The molecular weight excluding hydrogens is 502 g/mol. The zero-order valence-corrected chi connectivity index (χ0v) is 19.5. The molecule has 188 valence electrons. The molecule has 0 spiro atoms. The second kappa shape index (κ2) is 8.16. The van der Waals surface area contributed by atoms with Gasteiger partial charge in [-0.15, -0.1) is 0 Å². The summed E-state index contributed by atoms with van der Waals surface area (Å²) in [5.74, 6) is -0.735. The van der Waals surface area contributed by atoms with Crippen molar-refractivity contribution in [3.63, 3.8) is 0 Å².